The van der Waals surface area contributed by atoms with E-state index in [1.165, 1.54) is 6.08 Å². The van der Waals surface area contributed by atoms with Crippen molar-refractivity contribution in [1.82, 2.24) is 5.32 Å². The number of hydrogen-bond acceptors (Lipinski definition) is 5. The Kier molecular flexibility index (Phi) is 4.80. The van der Waals surface area contributed by atoms with Crippen LogP contribution in [0, 0.1) is 0 Å². The molecule has 1 aromatic rings. The highest BCUT2D eigenvalue weighted by Crippen LogP contribution is 2.30. The normalized spacial score (nSPS) is 16.7. The van der Waals surface area contributed by atoms with Crippen molar-refractivity contribution in [3.8, 4) is 11.5 Å². The number of carbonyl (C=O) groups is 2. The van der Waals surface area contributed by atoms with Gasteiger partial charge in [-0.05, 0) is 36.6 Å². The molecule has 0 bridgehead atoms. The van der Waals surface area contributed by atoms with E-state index in [1.54, 1.807) is 6.08 Å². The summed E-state index contributed by atoms with van der Waals surface area (Å²) in [5.74, 6) is 0.564. The van der Waals surface area contributed by atoms with Crippen LogP contribution in [0.4, 0.5) is 0 Å². The van der Waals surface area contributed by atoms with Crippen LogP contribution in [-0.4, -0.2) is 37.7 Å². The zero-order chi connectivity index (χ0) is 16.1. The zero-order valence-electron chi connectivity index (χ0n) is 12.7. The SMILES string of the molecule is O=C(COC(=O)/C=C/c1ccc2c(c1)OCCCO2)NC1CC1. The van der Waals surface area contributed by atoms with Gasteiger partial charge < -0.3 is 19.5 Å². The van der Waals surface area contributed by atoms with Gasteiger partial charge in [0.05, 0.1) is 13.2 Å². The summed E-state index contributed by atoms with van der Waals surface area (Å²) in [6.45, 7) is 0.997. The van der Waals surface area contributed by atoms with Crippen molar-refractivity contribution in [3.05, 3.63) is 29.8 Å². The minimum atomic E-state index is -0.553. The standard InChI is InChI=1S/C17H19NO5/c19-16(18-13-4-5-13)11-23-17(20)7-3-12-2-6-14-15(10-12)22-9-1-8-21-14/h2-3,6-7,10,13H,1,4-5,8-9,11H2,(H,18,19)/b7-3+. The largest absolute Gasteiger partial charge is 0.490 e. The van der Waals surface area contributed by atoms with Crippen molar-refractivity contribution < 1.29 is 23.8 Å². The van der Waals surface area contributed by atoms with Crippen LogP contribution in [0.5, 0.6) is 11.5 Å². The lowest BCUT2D eigenvalue weighted by molar-refractivity contribution is -0.143. The quantitative estimate of drug-likeness (QED) is 0.661. The topological polar surface area (TPSA) is 73.9 Å². The summed E-state index contributed by atoms with van der Waals surface area (Å²) in [5, 5.41) is 2.75. The summed E-state index contributed by atoms with van der Waals surface area (Å²) in [5.41, 5.74) is 0.800. The summed E-state index contributed by atoms with van der Waals surface area (Å²) >= 11 is 0. The van der Waals surface area contributed by atoms with Gasteiger partial charge in [0.15, 0.2) is 18.1 Å². The van der Waals surface area contributed by atoms with Gasteiger partial charge in [0.1, 0.15) is 0 Å². The predicted molar refractivity (Wildman–Crippen MR) is 83.2 cm³/mol. The minimum Gasteiger partial charge on any atom is -0.490 e. The second kappa shape index (κ2) is 7.17. The second-order valence-electron chi connectivity index (χ2n) is 5.54. The fraction of sp³-hybridized carbons (Fsp3) is 0.412. The third kappa shape index (κ3) is 4.74. The number of amides is 1. The smallest absolute Gasteiger partial charge is 0.331 e. The number of rotatable bonds is 5. The Morgan fingerprint density at radius 3 is 2.78 bits per heavy atom. The first kappa shape index (κ1) is 15.4. The number of fused-ring (bicyclic) bond motifs is 1. The van der Waals surface area contributed by atoms with Crippen LogP contribution in [0.3, 0.4) is 0 Å². The molecular formula is C17H19NO5. The monoisotopic (exact) mass is 317 g/mol. The average Bonchev–Trinajstić information content (AvgIpc) is 3.37. The molecule has 6 heteroatoms. The molecule has 0 saturated heterocycles. The number of hydrogen-bond donors (Lipinski definition) is 1. The maximum Gasteiger partial charge on any atom is 0.331 e. The molecule has 1 aromatic carbocycles. The van der Waals surface area contributed by atoms with Crippen molar-refractivity contribution in [2.45, 2.75) is 25.3 Å². The molecule has 1 saturated carbocycles. The lowest BCUT2D eigenvalue weighted by atomic mass is 10.2. The third-order valence-electron chi connectivity index (χ3n) is 3.47. The van der Waals surface area contributed by atoms with Gasteiger partial charge in [0.2, 0.25) is 0 Å². The Morgan fingerprint density at radius 1 is 1.22 bits per heavy atom. The van der Waals surface area contributed by atoms with Gasteiger partial charge in [-0.15, -0.1) is 0 Å². The van der Waals surface area contributed by atoms with E-state index in [9.17, 15) is 9.59 Å². The predicted octanol–water partition coefficient (Wildman–Crippen LogP) is 1.68. The number of benzene rings is 1. The third-order valence-corrected chi connectivity index (χ3v) is 3.47. The molecule has 0 unspecified atom stereocenters. The highest BCUT2D eigenvalue weighted by molar-refractivity contribution is 5.89. The van der Waals surface area contributed by atoms with E-state index in [4.69, 9.17) is 14.2 Å². The summed E-state index contributed by atoms with van der Waals surface area (Å²) in [7, 11) is 0. The molecule has 0 aromatic heterocycles. The molecule has 23 heavy (non-hydrogen) atoms. The van der Waals surface area contributed by atoms with Gasteiger partial charge in [0, 0.05) is 18.5 Å². The first-order chi connectivity index (χ1) is 11.2. The first-order valence-corrected chi connectivity index (χ1v) is 7.74. The van der Waals surface area contributed by atoms with E-state index >= 15 is 0 Å². The average molecular weight is 317 g/mol. The van der Waals surface area contributed by atoms with Gasteiger partial charge in [0.25, 0.3) is 5.91 Å². The number of nitrogens with one attached hydrogen (secondary N) is 1. The molecule has 122 valence electrons. The summed E-state index contributed by atoms with van der Waals surface area (Å²) < 4.78 is 16.0. The van der Waals surface area contributed by atoms with E-state index in [1.807, 2.05) is 18.2 Å². The van der Waals surface area contributed by atoms with Crippen LogP contribution in [-0.2, 0) is 14.3 Å². The molecule has 6 nitrogen and oxygen atoms in total. The molecule has 0 atom stereocenters. The summed E-state index contributed by atoms with van der Waals surface area (Å²) in [6, 6.07) is 5.72. The van der Waals surface area contributed by atoms with Crippen LogP contribution in [0.15, 0.2) is 24.3 Å². The van der Waals surface area contributed by atoms with E-state index in [0.29, 0.717) is 24.7 Å². The lowest BCUT2D eigenvalue weighted by Crippen LogP contribution is -2.30. The van der Waals surface area contributed by atoms with Crippen molar-refractivity contribution in [2.75, 3.05) is 19.8 Å². The molecule has 1 N–H and O–H groups in total. The molecule has 1 amide bonds. The Morgan fingerprint density at radius 2 is 2.00 bits per heavy atom. The van der Waals surface area contributed by atoms with Crippen LogP contribution < -0.4 is 14.8 Å². The second-order valence-corrected chi connectivity index (χ2v) is 5.54. The van der Waals surface area contributed by atoms with E-state index in [2.05, 4.69) is 5.32 Å². The highest BCUT2D eigenvalue weighted by Gasteiger charge is 2.23. The Bertz CT molecular complexity index is 621. The van der Waals surface area contributed by atoms with E-state index < -0.39 is 5.97 Å². The fourth-order valence-corrected chi connectivity index (χ4v) is 2.13. The molecule has 0 radical (unpaired) electrons. The molecule has 1 heterocycles. The van der Waals surface area contributed by atoms with Crippen LogP contribution in [0.1, 0.15) is 24.8 Å². The summed E-state index contributed by atoms with van der Waals surface area (Å²) in [4.78, 5) is 23.0. The Balaban J connectivity index is 1.51. The molecule has 1 aliphatic heterocycles. The molecule has 1 fully saturated rings. The molecular weight excluding hydrogens is 298 g/mol. The van der Waals surface area contributed by atoms with Gasteiger partial charge >= 0.3 is 5.97 Å². The van der Waals surface area contributed by atoms with Crippen LogP contribution >= 0.6 is 0 Å². The number of carbonyl (C=O) groups excluding carboxylic acids is 2. The maximum absolute atomic E-state index is 11.6. The van der Waals surface area contributed by atoms with E-state index in [0.717, 1.165) is 24.8 Å². The van der Waals surface area contributed by atoms with Gasteiger partial charge in [-0.2, -0.15) is 0 Å². The fourth-order valence-electron chi connectivity index (χ4n) is 2.13. The van der Waals surface area contributed by atoms with Crippen molar-refractivity contribution in [1.29, 1.82) is 0 Å². The van der Waals surface area contributed by atoms with Crippen LogP contribution in [0.25, 0.3) is 6.08 Å². The maximum atomic E-state index is 11.6. The first-order valence-electron chi connectivity index (χ1n) is 7.74. The number of esters is 1. The van der Waals surface area contributed by atoms with Crippen molar-refractivity contribution >= 4 is 18.0 Å². The minimum absolute atomic E-state index is 0.249. The van der Waals surface area contributed by atoms with Crippen LogP contribution in [0.2, 0.25) is 0 Å². The van der Waals surface area contributed by atoms with E-state index in [-0.39, 0.29) is 18.6 Å². The van der Waals surface area contributed by atoms with Crippen molar-refractivity contribution in [3.63, 3.8) is 0 Å². The highest BCUT2D eigenvalue weighted by atomic mass is 16.5. The van der Waals surface area contributed by atoms with Crippen molar-refractivity contribution in [2.24, 2.45) is 0 Å². The zero-order valence-corrected chi connectivity index (χ0v) is 12.7. The lowest BCUT2D eigenvalue weighted by Gasteiger charge is -2.07. The summed E-state index contributed by atoms with van der Waals surface area (Å²) in [6.07, 6.45) is 5.77. The molecule has 0 spiro atoms. The Labute approximate surface area is 134 Å². The molecule has 2 aliphatic rings. The molecule has 3 rings (SSSR count). The number of ether oxygens (including phenoxy) is 3. The molecule has 1 aliphatic carbocycles. The van der Waals surface area contributed by atoms with Gasteiger partial charge in [-0.1, -0.05) is 6.07 Å². The van der Waals surface area contributed by atoms with Gasteiger partial charge in [-0.25, -0.2) is 4.79 Å². The Hall–Kier alpha value is -2.50. The van der Waals surface area contributed by atoms with Gasteiger partial charge in [-0.3, -0.25) is 4.79 Å².